The van der Waals surface area contributed by atoms with E-state index in [1.54, 1.807) is 23.8 Å². The van der Waals surface area contributed by atoms with Crippen LogP contribution in [0.3, 0.4) is 0 Å². The van der Waals surface area contributed by atoms with Gasteiger partial charge in [-0.1, -0.05) is 6.07 Å². The number of carbonyl (C=O) groups excluding carboxylic acids is 2. The van der Waals surface area contributed by atoms with Crippen LogP contribution in [-0.2, 0) is 9.53 Å². The molecule has 0 aromatic heterocycles. The van der Waals surface area contributed by atoms with Crippen molar-refractivity contribution in [2.45, 2.75) is 42.9 Å². The van der Waals surface area contributed by atoms with E-state index < -0.39 is 10.8 Å². The molecular weight excluding hydrogens is 392 g/mol. The second-order valence-electron chi connectivity index (χ2n) is 8.25. The van der Waals surface area contributed by atoms with E-state index in [2.05, 4.69) is 5.32 Å². The number of nitrogens with zero attached hydrogens (tertiary/aromatic N) is 1. The summed E-state index contributed by atoms with van der Waals surface area (Å²) in [6.07, 6.45) is 1.91. The van der Waals surface area contributed by atoms with E-state index in [0.717, 1.165) is 31.6 Å². The maximum atomic E-state index is 13.4. The number of methoxy groups -OCH3 is 2. The summed E-state index contributed by atoms with van der Waals surface area (Å²) in [4.78, 5) is 28.3. The molecule has 1 aromatic carbocycles. The van der Waals surface area contributed by atoms with Crippen LogP contribution in [0.2, 0.25) is 0 Å². The van der Waals surface area contributed by atoms with Crippen molar-refractivity contribution >= 4 is 23.6 Å². The molecule has 2 saturated heterocycles. The summed E-state index contributed by atoms with van der Waals surface area (Å²) in [6, 6.07) is 3.18. The Balaban J connectivity index is 1.60. The van der Waals surface area contributed by atoms with Gasteiger partial charge in [0.25, 0.3) is 5.91 Å². The number of rotatable bonds is 5. The maximum absolute atomic E-state index is 13.4. The number of hydrogen-bond acceptors (Lipinski definition) is 6. The predicted molar refractivity (Wildman–Crippen MR) is 110 cm³/mol. The summed E-state index contributed by atoms with van der Waals surface area (Å²) >= 11 is 1.64. The second-order valence-corrected chi connectivity index (χ2v) is 9.99. The molecule has 2 amide bonds. The molecule has 0 spiro atoms. The molecular formula is C21H28N2O5S. The first-order valence-electron chi connectivity index (χ1n) is 10.00. The SMILES string of the molecule is COc1ccc2c(c1OC)C(=O)N1[C@@H]2SC(C)(C)[C@H]1C(=O)NCC1CCOCC1. The molecule has 7 nitrogen and oxygen atoms in total. The van der Waals surface area contributed by atoms with Gasteiger partial charge in [-0.15, -0.1) is 11.8 Å². The molecule has 29 heavy (non-hydrogen) atoms. The van der Waals surface area contributed by atoms with Gasteiger partial charge in [-0.2, -0.15) is 0 Å². The van der Waals surface area contributed by atoms with E-state index in [1.807, 2.05) is 26.0 Å². The number of amides is 2. The Morgan fingerprint density at radius 1 is 1.28 bits per heavy atom. The molecule has 4 rings (SSSR count). The van der Waals surface area contributed by atoms with E-state index in [0.29, 0.717) is 29.5 Å². The van der Waals surface area contributed by atoms with Crippen molar-refractivity contribution in [2.75, 3.05) is 34.0 Å². The van der Waals surface area contributed by atoms with Crippen LogP contribution in [0.15, 0.2) is 12.1 Å². The summed E-state index contributed by atoms with van der Waals surface area (Å²) in [5, 5.41) is 2.90. The first-order valence-corrected chi connectivity index (χ1v) is 10.9. The van der Waals surface area contributed by atoms with E-state index in [4.69, 9.17) is 14.2 Å². The Bertz CT molecular complexity index is 822. The summed E-state index contributed by atoms with van der Waals surface area (Å²) in [5.41, 5.74) is 1.38. The normalized spacial score (nSPS) is 25.5. The number of ether oxygens (including phenoxy) is 3. The van der Waals surface area contributed by atoms with Gasteiger partial charge in [-0.3, -0.25) is 9.59 Å². The minimum atomic E-state index is -0.548. The minimum absolute atomic E-state index is 0.0939. The average Bonchev–Trinajstić information content (AvgIpc) is 3.15. The monoisotopic (exact) mass is 420 g/mol. The van der Waals surface area contributed by atoms with Gasteiger partial charge in [0, 0.05) is 30.1 Å². The van der Waals surface area contributed by atoms with Crippen LogP contribution in [-0.4, -0.2) is 61.5 Å². The fourth-order valence-corrected chi connectivity index (χ4v) is 6.13. The van der Waals surface area contributed by atoms with Gasteiger partial charge in [-0.25, -0.2) is 0 Å². The van der Waals surface area contributed by atoms with E-state index in [9.17, 15) is 9.59 Å². The van der Waals surface area contributed by atoms with Gasteiger partial charge in [0.15, 0.2) is 11.5 Å². The summed E-state index contributed by atoms with van der Waals surface area (Å²) in [6.45, 7) is 6.17. The van der Waals surface area contributed by atoms with Crippen LogP contribution in [0.1, 0.15) is 48.0 Å². The number of nitrogens with one attached hydrogen (secondary N) is 1. The molecule has 3 aliphatic rings. The summed E-state index contributed by atoms with van der Waals surface area (Å²) in [5.74, 6) is 1.11. The van der Waals surface area contributed by atoms with Crippen LogP contribution >= 0.6 is 11.8 Å². The van der Waals surface area contributed by atoms with Crippen LogP contribution in [0, 0.1) is 5.92 Å². The highest BCUT2D eigenvalue weighted by molar-refractivity contribution is 8.01. The molecule has 2 fully saturated rings. The molecule has 1 aromatic rings. The number of benzene rings is 1. The lowest BCUT2D eigenvalue weighted by Gasteiger charge is -2.30. The molecule has 0 bridgehead atoms. The summed E-state index contributed by atoms with van der Waals surface area (Å²) < 4.78 is 15.9. The third-order valence-electron chi connectivity index (χ3n) is 6.05. The predicted octanol–water partition coefficient (Wildman–Crippen LogP) is 2.60. The summed E-state index contributed by atoms with van der Waals surface area (Å²) in [7, 11) is 3.08. The molecule has 0 aliphatic carbocycles. The van der Waals surface area contributed by atoms with Gasteiger partial charge < -0.3 is 24.4 Å². The first-order chi connectivity index (χ1) is 13.9. The highest BCUT2D eigenvalue weighted by atomic mass is 32.2. The lowest BCUT2D eigenvalue weighted by molar-refractivity contribution is -0.126. The van der Waals surface area contributed by atoms with E-state index >= 15 is 0 Å². The smallest absolute Gasteiger partial charge is 0.260 e. The van der Waals surface area contributed by atoms with Gasteiger partial charge in [0.2, 0.25) is 5.91 Å². The molecule has 2 atom stereocenters. The van der Waals surface area contributed by atoms with Gasteiger partial charge >= 0.3 is 0 Å². The van der Waals surface area contributed by atoms with E-state index in [1.165, 1.54) is 7.11 Å². The number of carbonyl (C=O) groups is 2. The van der Waals surface area contributed by atoms with E-state index in [-0.39, 0.29) is 17.2 Å². The van der Waals surface area contributed by atoms with Crippen molar-refractivity contribution in [3.05, 3.63) is 23.3 Å². The highest BCUT2D eigenvalue weighted by Gasteiger charge is 2.58. The maximum Gasteiger partial charge on any atom is 0.260 e. The number of hydrogen-bond donors (Lipinski definition) is 1. The quantitative estimate of drug-likeness (QED) is 0.789. The first kappa shape index (κ1) is 20.3. The van der Waals surface area contributed by atoms with Crippen molar-refractivity contribution in [3.8, 4) is 11.5 Å². The minimum Gasteiger partial charge on any atom is -0.493 e. The standard InChI is InChI=1S/C21H28N2O5S/c1-21(2)17(18(24)22-11-12-7-9-28-10-8-12)23-19(25)15-13(20(23)29-21)5-6-14(26-3)16(15)27-4/h5-6,12,17,20H,7-11H2,1-4H3,(H,22,24)/t17-,20-/m1/s1. The molecule has 3 heterocycles. The lowest BCUT2D eigenvalue weighted by Crippen LogP contribution is -2.53. The van der Waals surface area contributed by atoms with Crippen LogP contribution in [0.4, 0.5) is 0 Å². The Labute approximate surface area is 175 Å². The van der Waals surface area contributed by atoms with Crippen molar-refractivity contribution in [1.82, 2.24) is 10.2 Å². The molecule has 8 heteroatoms. The topological polar surface area (TPSA) is 77.1 Å². The van der Waals surface area contributed by atoms with Crippen LogP contribution in [0.5, 0.6) is 11.5 Å². The molecule has 1 N–H and O–H groups in total. The zero-order valence-electron chi connectivity index (χ0n) is 17.3. The number of thioether (sulfide) groups is 1. The molecule has 0 radical (unpaired) electrons. The van der Waals surface area contributed by atoms with Gasteiger partial charge in [-0.05, 0) is 38.7 Å². The van der Waals surface area contributed by atoms with Gasteiger partial charge in [0.05, 0.1) is 19.8 Å². The van der Waals surface area contributed by atoms with Gasteiger partial charge in [0.1, 0.15) is 11.4 Å². The lowest BCUT2D eigenvalue weighted by atomic mass is 9.98. The molecule has 3 aliphatic heterocycles. The molecule has 0 unspecified atom stereocenters. The third-order valence-corrected chi connectivity index (χ3v) is 7.59. The largest absolute Gasteiger partial charge is 0.493 e. The zero-order chi connectivity index (χ0) is 20.8. The van der Waals surface area contributed by atoms with Crippen LogP contribution in [0.25, 0.3) is 0 Å². The van der Waals surface area contributed by atoms with Crippen molar-refractivity contribution in [1.29, 1.82) is 0 Å². The van der Waals surface area contributed by atoms with Crippen molar-refractivity contribution < 1.29 is 23.8 Å². The molecule has 158 valence electrons. The fourth-order valence-electron chi connectivity index (χ4n) is 4.55. The highest BCUT2D eigenvalue weighted by Crippen LogP contribution is 2.58. The Morgan fingerprint density at radius 2 is 2.00 bits per heavy atom. The average molecular weight is 421 g/mol. The third kappa shape index (κ3) is 3.36. The number of fused-ring (bicyclic) bond motifs is 3. The van der Waals surface area contributed by atoms with Crippen LogP contribution < -0.4 is 14.8 Å². The Hall–Kier alpha value is -1.93. The second kappa shape index (κ2) is 7.72. The zero-order valence-corrected chi connectivity index (χ0v) is 18.1. The molecule has 0 saturated carbocycles. The van der Waals surface area contributed by atoms with Crippen molar-refractivity contribution in [2.24, 2.45) is 5.92 Å². The fraction of sp³-hybridized carbons (Fsp3) is 0.619. The Kier molecular flexibility index (Phi) is 5.42. The Morgan fingerprint density at radius 3 is 2.66 bits per heavy atom. The van der Waals surface area contributed by atoms with Crippen molar-refractivity contribution in [3.63, 3.8) is 0 Å².